The molecule has 0 saturated heterocycles. The summed E-state index contributed by atoms with van der Waals surface area (Å²) < 4.78 is 89.5. The molecule has 0 radical (unpaired) electrons. The van der Waals surface area contributed by atoms with E-state index in [4.69, 9.17) is 9.81 Å². The Morgan fingerprint density at radius 3 is 2.15 bits per heavy atom. The van der Waals surface area contributed by atoms with E-state index < -0.39 is 55.6 Å². The Labute approximate surface area is 150 Å². The van der Waals surface area contributed by atoms with Crippen molar-refractivity contribution < 1.29 is 40.1 Å². The third-order valence-electron chi connectivity index (χ3n) is 2.67. The molecule has 0 aliphatic carbocycles. The van der Waals surface area contributed by atoms with Gasteiger partial charge >= 0.3 is 16.1 Å². The van der Waals surface area contributed by atoms with Crippen molar-refractivity contribution in [3.63, 3.8) is 0 Å². The predicted molar refractivity (Wildman–Crippen MR) is 82.5 cm³/mol. The maximum absolute atomic E-state index is 13.8. The number of halogens is 4. The normalized spacial score (nSPS) is 11.5. The zero-order valence-electron chi connectivity index (χ0n) is 13.0. The molecule has 6 nitrogen and oxygen atoms in total. The molecular weight excluding hydrogens is 394 g/mol. The second kappa shape index (κ2) is 8.80. The summed E-state index contributed by atoms with van der Waals surface area (Å²) in [6.07, 6.45) is 4.13. The molecule has 1 aromatic rings. The van der Waals surface area contributed by atoms with Crippen LogP contribution >= 0.6 is 0 Å². The van der Waals surface area contributed by atoms with Crippen LogP contribution in [0.2, 0.25) is 0 Å². The molecule has 27 heavy (non-hydrogen) atoms. The molecule has 11 heteroatoms. The molecule has 0 fully saturated rings. The first kappa shape index (κ1) is 21.6. The van der Waals surface area contributed by atoms with Crippen molar-refractivity contribution in [2.75, 3.05) is 0 Å². The third-order valence-corrected chi connectivity index (χ3v) is 3.55. The lowest BCUT2D eigenvalue weighted by atomic mass is 10.2. The molecule has 0 amide bonds. The summed E-state index contributed by atoms with van der Waals surface area (Å²) >= 11 is 0. The Morgan fingerprint density at radius 2 is 1.70 bits per heavy atom. The van der Waals surface area contributed by atoms with E-state index in [1.807, 2.05) is 5.92 Å². The highest BCUT2D eigenvalue weighted by atomic mass is 32.2. The molecule has 0 atom stereocenters. The average molecular weight is 401 g/mol. The van der Waals surface area contributed by atoms with E-state index in [2.05, 4.69) is 17.2 Å². The van der Waals surface area contributed by atoms with Gasteiger partial charge in [0.15, 0.2) is 22.6 Å². The number of rotatable bonds is 5. The molecule has 0 unspecified atom stereocenters. The number of carbonyl (C=O) groups excluding carboxylic acids is 1. The lowest BCUT2D eigenvalue weighted by molar-refractivity contribution is -0.130. The average Bonchev–Trinajstić information content (AvgIpc) is 2.59. The molecular formula is C16H7F4NO5S. The van der Waals surface area contributed by atoms with Gasteiger partial charge in [-0.3, -0.25) is 4.55 Å². The molecule has 1 rings (SSSR count). The van der Waals surface area contributed by atoms with Crippen LogP contribution in [0.4, 0.5) is 17.6 Å². The van der Waals surface area contributed by atoms with Crippen molar-refractivity contribution in [3.05, 3.63) is 59.7 Å². The number of nitriles is 1. The second-order valence-electron chi connectivity index (χ2n) is 4.35. The van der Waals surface area contributed by atoms with Crippen LogP contribution in [0, 0.1) is 46.4 Å². The van der Waals surface area contributed by atoms with Crippen molar-refractivity contribution in [3.8, 4) is 23.7 Å². The summed E-state index contributed by atoms with van der Waals surface area (Å²) in [5.41, 5.74) is -0.427. The first-order valence-corrected chi connectivity index (χ1v) is 7.94. The van der Waals surface area contributed by atoms with Gasteiger partial charge in [-0.25, -0.2) is 13.6 Å². The summed E-state index contributed by atoms with van der Waals surface area (Å²) in [5, 5.41) is 8.19. The van der Waals surface area contributed by atoms with Crippen LogP contribution in [0.25, 0.3) is 0 Å². The minimum absolute atomic E-state index is 0.427. The largest absolute Gasteiger partial charge is 0.416 e. The molecule has 0 aliphatic rings. The summed E-state index contributed by atoms with van der Waals surface area (Å²) in [5.74, 6) is -8.78. The van der Waals surface area contributed by atoms with Gasteiger partial charge in [-0.15, -0.1) is 0 Å². The molecule has 0 spiro atoms. The molecule has 0 bridgehead atoms. The maximum Gasteiger partial charge on any atom is 0.343 e. The van der Waals surface area contributed by atoms with Gasteiger partial charge in [0.25, 0.3) is 0 Å². The summed E-state index contributed by atoms with van der Waals surface area (Å²) in [6, 6.07) is 1.50. The Kier molecular flexibility index (Phi) is 7.05. The van der Waals surface area contributed by atoms with Gasteiger partial charge < -0.3 is 4.74 Å². The second-order valence-corrected chi connectivity index (χ2v) is 5.70. The van der Waals surface area contributed by atoms with E-state index >= 15 is 0 Å². The van der Waals surface area contributed by atoms with E-state index in [0.717, 1.165) is 24.3 Å². The van der Waals surface area contributed by atoms with Gasteiger partial charge in [0, 0.05) is 5.92 Å². The van der Waals surface area contributed by atoms with Gasteiger partial charge in [-0.2, -0.15) is 22.5 Å². The number of nitrogens with zero attached hydrogens (tertiary/aromatic N) is 1. The van der Waals surface area contributed by atoms with Gasteiger partial charge in [0.2, 0.25) is 17.4 Å². The Morgan fingerprint density at radius 1 is 1.15 bits per heavy atom. The van der Waals surface area contributed by atoms with Crippen molar-refractivity contribution >= 4 is 16.1 Å². The Balaban J connectivity index is 3.35. The van der Waals surface area contributed by atoms with Crippen LogP contribution in [0.5, 0.6) is 5.75 Å². The van der Waals surface area contributed by atoms with E-state index in [1.54, 1.807) is 0 Å². The molecule has 140 valence electrons. The third kappa shape index (κ3) is 5.04. The molecule has 0 saturated carbocycles. The standard InChI is InChI=1S/C16H7F4NO5S/c1-2-9(7-5-3-4-6-8-21)16(22)26-14-10(17)12(19)15(27(23,24)25)13(20)11(14)18/h2-3,5,7H,1H2,(H,23,24,25)/b5-3+,9-7+. The minimum atomic E-state index is -5.64. The van der Waals surface area contributed by atoms with Gasteiger partial charge in [0.1, 0.15) is 0 Å². The SMILES string of the molecule is C=C/C(=C\C=C\C#CC#N)C(=O)Oc1c(F)c(F)c(S(=O)(=O)O)c(F)c1F. The van der Waals surface area contributed by atoms with Crippen molar-refractivity contribution in [1.82, 2.24) is 0 Å². The van der Waals surface area contributed by atoms with Crippen LogP contribution in [-0.4, -0.2) is 18.9 Å². The van der Waals surface area contributed by atoms with Crippen LogP contribution in [0.15, 0.2) is 41.4 Å². The number of ether oxygens (including phenoxy) is 1. The fraction of sp³-hybridized carbons (Fsp3) is 0. The molecule has 0 aromatic heterocycles. The lowest BCUT2D eigenvalue weighted by Crippen LogP contribution is -2.16. The smallest absolute Gasteiger partial charge is 0.343 e. The van der Waals surface area contributed by atoms with Crippen LogP contribution in [0.3, 0.4) is 0 Å². The minimum Gasteiger partial charge on any atom is -0.416 e. The summed E-state index contributed by atoms with van der Waals surface area (Å²) in [4.78, 5) is 9.57. The van der Waals surface area contributed by atoms with E-state index in [-0.39, 0.29) is 0 Å². The Bertz CT molecular complexity index is 1040. The topological polar surface area (TPSA) is 104 Å². The molecule has 0 heterocycles. The quantitative estimate of drug-likeness (QED) is 0.119. The first-order chi connectivity index (χ1) is 12.6. The van der Waals surface area contributed by atoms with Gasteiger partial charge in [-0.1, -0.05) is 24.7 Å². The van der Waals surface area contributed by atoms with E-state index in [1.165, 1.54) is 6.07 Å². The van der Waals surface area contributed by atoms with Crippen LogP contribution < -0.4 is 4.74 Å². The molecule has 1 N–H and O–H groups in total. The first-order valence-electron chi connectivity index (χ1n) is 6.50. The number of benzene rings is 1. The zero-order valence-corrected chi connectivity index (χ0v) is 13.8. The molecule has 0 aliphatic heterocycles. The summed E-state index contributed by atoms with van der Waals surface area (Å²) in [6.45, 7) is 3.23. The Hall–Kier alpha value is -3.41. The maximum atomic E-state index is 13.8. The van der Waals surface area contributed by atoms with Crippen LogP contribution in [-0.2, 0) is 14.9 Å². The van der Waals surface area contributed by atoms with Crippen molar-refractivity contribution in [2.24, 2.45) is 0 Å². The fourth-order valence-corrected chi connectivity index (χ4v) is 2.18. The highest BCUT2D eigenvalue weighted by molar-refractivity contribution is 7.85. The van der Waals surface area contributed by atoms with E-state index in [9.17, 15) is 30.8 Å². The highest BCUT2D eigenvalue weighted by Crippen LogP contribution is 2.32. The number of hydrogen-bond donors (Lipinski definition) is 1. The van der Waals surface area contributed by atoms with Gasteiger partial charge in [-0.05, 0) is 12.2 Å². The van der Waals surface area contributed by atoms with Crippen LogP contribution in [0.1, 0.15) is 0 Å². The van der Waals surface area contributed by atoms with E-state index in [0.29, 0.717) is 0 Å². The van der Waals surface area contributed by atoms with Crippen molar-refractivity contribution in [1.29, 1.82) is 5.26 Å². The monoisotopic (exact) mass is 401 g/mol. The molecule has 1 aromatic carbocycles. The van der Waals surface area contributed by atoms with Gasteiger partial charge in [0.05, 0.1) is 5.57 Å². The number of esters is 1. The zero-order chi connectivity index (χ0) is 20.8. The number of hydrogen-bond acceptors (Lipinski definition) is 5. The number of allylic oxidation sites excluding steroid dienone is 3. The van der Waals surface area contributed by atoms with Crippen molar-refractivity contribution in [2.45, 2.75) is 4.90 Å². The number of carbonyl (C=O) groups is 1. The fourth-order valence-electron chi connectivity index (χ4n) is 1.55. The lowest BCUT2D eigenvalue weighted by Gasteiger charge is -2.10. The predicted octanol–water partition coefficient (Wildman–Crippen LogP) is 2.59. The summed E-state index contributed by atoms with van der Waals surface area (Å²) in [7, 11) is -5.64. The highest BCUT2D eigenvalue weighted by Gasteiger charge is 2.34.